The van der Waals surface area contributed by atoms with Crippen LogP contribution in [0.1, 0.15) is 5.69 Å². The van der Waals surface area contributed by atoms with Crippen LogP contribution < -0.4 is 0 Å². The molecule has 0 saturated heterocycles. The molecule has 2 aromatic heterocycles. The average molecular weight is 269 g/mol. The second-order valence-electron chi connectivity index (χ2n) is 4.17. The highest BCUT2D eigenvalue weighted by molar-refractivity contribution is 7.71. The molecule has 3 rings (SSSR count). The molecule has 94 valence electrons. The van der Waals surface area contributed by atoms with Gasteiger partial charge in [-0.1, -0.05) is 24.4 Å². The molecule has 0 aliphatic carbocycles. The number of benzene rings is 1. The van der Waals surface area contributed by atoms with Crippen molar-refractivity contribution >= 4 is 23.1 Å². The molecule has 0 aliphatic heterocycles. The highest BCUT2D eigenvalue weighted by Gasteiger charge is 2.05. The van der Waals surface area contributed by atoms with E-state index in [1.54, 1.807) is 24.7 Å². The van der Waals surface area contributed by atoms with Crippen LogP contribution in [0.5, 0.6) is 5.75 Å². The van der Waals surface area contributed by atoms with Gasteiger partial charge < -0.3 is 9.67 Å². The Morgan fingerprint density at radius 1 is 1.11 bits per heavy atom. The standard InChI is InChI=1S/C14H11N3OS/c18-12-6-3-5-11-13(12)16-9-17(14(11)19)8-10-4-1-2-7-15-10/h1-7,9,18H,8H2. The van der Waals surface area contributed by atoms with Crippen molar-refractivity contribution in [2.24, 2.45) is 0 Å². The smallest absolute Gasteiger partial charge is 0.141 e. The molecular formula is C14H11N3OS. The zero-order valence-corrected chi connectivity index (χ0v) is 10.8. The maximum atomic E-state index is 9.75. The van der Waals surface area contributed by atoms with E-state index in [4.69, 9.17) is 12.2 Å². The molecule has 3 aromatic rings. The van der Waals surface area contributed by atoms with Crippen molar-refractivity contribution in [1.29, 1.82) is 0 Å². The molecule has 2 heterocycles. The van der Waals surface area contributed by atoms with E-state index in [1.807, 2.05) is 28.8 Å². The predicted molar refractivity (Wildman–Crippen MR) is 75.6 cm³/mol. The molecule has 0 bridgehead atoms. The molecule has 0 radical (unpaired) electrons. The molecule has 4 nitrogen and oxygen atoms in total. The van der Waals surface area contributed by atoms with E-state index in [0.29, 0.717) is 16.7 Å². The Morgan fingerprint density at radius 2 is 2.00 bits per heavy atom. The first-order valence-electron chi connectivity index (χ1n) is 5.83. The Labute approximate surface area is 115 Å². The lowest BCUT2D eigenvalue weighted by molar-refractivity contribution is 0.480. The SMILES string of the molecule is Oc1cccc2c(=S)n(Cc3ccccn3)cnc12. The number of phenolic OH excluding ortho intramolecular Hbond substituents is 1. The van der Waals surface area contributed by atoms with E-state index in [1.165, 1.54) is 0 Å². The van der Waals surface area contributed by atoms with Gasteiger partial charge in [-0.05, 0) is 24.3 Å². The Hall–Kier alpha value is -2.27. The number of nitrogens with zero attached hydrogens (tertiary/aromatic N) is 3. The van der Waals surface area contributed by atoms with Crippen molar-refractivity contribution in [3.63, 3.8) is 0 Å². The minimum Gasteiger partial charge on any atom is -0.506 e. The highest BCUT2D eigenvalue weighted by atomic mass is 32.1. The fourth-order valence-electron chi connectivity index (χ4n) is 1.95. The Bertz CT molecular complexity index is 784. The largest absolute Gasteiger partial charge is 0.506 e. The Kier molecular flexibility index (Phi) is 2.97. The molecule has 0 aliphatic rings. The molecule has 19 heavy (non-hydrogen) atoms. The number of fused-ring (bicyclic) bond motifs is 1. The fraction of sp³-hybridized carbons (Fsp3) is 0.0714. The van der Waals surface area contributed by atoms with Crippen molar-refractivity contribution in [1.82, 2.24) is 14.5 Å². The molecular weight excluding hydrogens is 258 g/mol. The third-order valence-corrected chi connectivity index (χ3v) is 3.35. The zero-order valence-electron chi connectivity index (χ0n) is 10.0. The molecule has 1 N–H and O–H groups in total. The summed E-state index contributed by atoms with van der Waals surface area (Å²) in [6.07, 6.45) is 3.39. The maximum absolute atomic E-state index is 9.75. The Morgan fingerprint density at radius 3 is 2.79 bits per heavy atom. The first-order chi connectivity index (χ1) is 9.25. The molecule has 1 aromatic carbocycles. The van der Waals surface area contributed by atoms with Crippen LogP contribution in [0, 0.1) is 4.64 Å². The quantitative estimate of drug-likeness (QED) is 0.727. The topological polar surface area (TPSA) is 50.9 Å². The lowest BCUT2D eigenvalue weighted by Crippen LogP contribution is -2.04. The van der Waals surface area contributed by atoms with Gasteiger partial charge in [0.15, 0.2) is 0 Å². The van der Waals surface area contributed by atoms with Gasteiger partial charge in [-0.15, -0.1) is 0 Å². The number of phenols is 1. The first-order valence-corrected chi connectivity index (χ1v) is 6.23. The van der Waals surface area contributed by atoms with Gasteiger partial charge in [0.05, 0.1) is 18.6 Å². The summed E-state index contributed by atoms with van der Waals surface area (Å²) in [5.41, 5.74) is 1.45. The van der Waals surface area contributed by atoms with E-state index >= 15 is 0 Å². The summed E-state index contributed by atoms with van der Waals surface area (Å²) in [6, 6.07) is 11.0. The van der Waals surface area contributed by atoms with Gasteiger partial charge >= 0.3 is 0 Å². The van der Waals surface area contributed by atoms with Crippen LogP contribution in [-0.2, 0) is 6.54 Å². The van der Waals surface area contributed by atoms with Crippen LogP contribution >= 0.6 is 12.2 Å². The van der Waals surface area contributed by atoms with Gasteiger partial charge in [0.25, 0.3) is 0 Å². The van der Waals surface area contributed by atoms with Crippen molar-refractivity contribution < 1.29 is 5.11 Å². The minimum absolute atomic E-state index is 0.147. The molecule has 0 spiro atoms. The van der Waals surface area contributed by atoms with Crippen LogP contribution in [-0.4, -0.2) is 19.6 Å². The van der Waals surface area contributed by atoms with Gasteiger partial charge in [0, 0.05) is 11.6 Å². The number of pyridine rings is 1. The summed E-state index contributed by atoms with van der Waals surface area (Å²) in [4.78, 5) is 8.52. The number of para-hydroxylation sites is 1. The second kappa shape index (κ2) is 4.78. The first kappa shape index (κ1) is 11.8. The van der Waals surface area contributed by atoms with Gasteiger partial charge in [-0.3, -0.25) is 4.98 Å². The lowest BCUT2D eigenvalue weighted by Gasteiger charge is -2.08. The summed E-state index contributed by atoms with van der Waals surface area (Å²) < 4.78 is 2.49. The predicted octanol–water partition coefficient (Wildman–Crippen LogP) is 2.91. The maximum Gasteiger partial charge on any atom is 0.141 e. The van der Waals surface area contributed by atoms with E-state index in [-0.39, 0.29) is 5.75 Å². The average Bonchev–Trinajstić information content (AvgIpc) is 2.44. The van der Waals surface area contributed by atoms with Crippen molar-refractivity contribution in [3.05, 3.63) is 59.3 Å². The second-order valence-corrected chi connectivity index (χ2v) is 4.56. The monoisotopic (exact) mass is 269 g/mol. The number of hydrogen-bond acceptors (Lipinski definition) is 4. The number of hydrogen-bond donors (Lipinski definition) is 1. The highest BCUT2D eigenvalue weighted by Crippen LogP contribution is 2.22. The van der Waals surface area contributed by atoms with E-state index in [2.05, 4.69) is 9.97 Å². The third-order valence-electron chi connectivity index (χ3n) is 2.89. The van der Waals surface area contributed by atoms with Crippen molar-refractivity contribution in [2.45, 2.75) is 6.54 Å². The van der Waals surface area contributed by atoms with Gasteiger partial charge in [0.2, 0.25) is 0 Å². The molecule has 0 fully saturated rings. The molecule has 0 saturated carbocycles. The third kappa shape index (κ3) is 2.20. The summed E-state index contributed by atoms with van der Waals surface area (Å²) in [5.74, 6) is 0.147. The van der Waals surface area contributed by atoms with Gasteiger partial charge in [0.1, 0.15) is 15.9 Å². The molecule has 0 amide bonds. The van der Waals surface area contributed by atoms with Gasteiger partial charge in [-0.25, -0.2) is 4.98 Å². The van der Waals surface area contributed by atoms with Crippen molar-refractivity contribution in [2.75, 3.05) is 0 Å². The lowest BCUT2D eigenvalue weighted by atomic mass is 10.2. The van der Waals surface area contributed by atoms with Crippen LogP contribution in [0.25, 0.3) is 10.9 Å². The summed E-state index contributed by atoms with van der Waals surface area (Å²) in [5, 5.41) is 10.5. The van der Waals surface area contributed by atoms with Crippen LogP contribution in [0.4, 0.5) is 0 Å². The van der Waals surface area contributed by atoms with E-state index in [0.717, 1.165) is 11.1 Å². The van der Waals surface area contributed by atoms with Crippen molar-refractivity contribution in [3.8, 4) is 5.75 Å². The molecule has 0 atom stereocenters. The fourth-order valence-corrected chi connectivity index (χ4v) is 2.23. The summed E-state index contributed by atoms with van der Waals surface area (Å²) >= 11 is 5.44. The van der Waals surface area contributed by atoms with Crippen LogP contribution in [0.15, 0.2) is 48.9 Å². The van der Waals surface area contributed by atoms with Gasteiger partial charge in [-0.2, -0.15) is 0 Å². The zero-order chi connectivity index (χ0) is 13.2. The summed E-state index contributed by atoms with van der Waals surface area (Å²) in [6.45, 7) is 0.568. The molecule has 5 heteroatoms. The van der Waals surface area contributed by atoms with E-state index in [9.17, 15) is 5.11 Å². The number of rotatable bonds is 2. The van der Waals surface area contributed by atoms with Crippen LogP contribution in [0.3, 0.4) is 0 Å². The minimum atomic E-state index is 0.147. The number of aromatic nitrogens is 3. The van der Waals surface area contributed by atoms with E-state index < -0.39 is 0 Å². The molecule has 0 unspecified atom stereocenters. The Balaban J connectivity index is 2.11. The number of aromatic hydroxyl groups is 1. The summed E-state index contributed by atoms with van der Waals surface area (Å²) in [7, 11) is 0. The normalized spacial score (nSPS) is 10.7. The van der Waals surface area contributed by atoms with Crippen LogP contribution in [0.2, 0.25) is 0 Å².